The number of amides is 1. The first-order valence-electron chi connectivity index (χ1n) is 6.17. The predicted molar refractivity (Wildman–Crippen MR) is 70.0 cm³/mol. The molecule has 0 radical (unpaired) electrons. The van der Waals surface area contributed by atoms with Gasteiger partial charge in [0.1, 0.15) is 6.54 Å². The van der Waals surface area contributed by atoms with Crippen LogP contribution in [0.15, 0.2) is 12.1 Å². The zero-order chi connectivity index (χ0) is 13.1. The second-order valence-corrected chi connectivity index (χ2v) is 5.96. The van der Waals surface area contributed by atoms with Crippen molar-refractivity contribution in [1.82, 2.24) is 4.90 Å². The SMILES string of the molecule is Cc1ccc(C(=O)N(CC(=O)O)C2CCCC2)s1. The van der Waals surface area contributed by atoms with E-state index in [9.17, 15) is 9.59 Å². The monoisotopic (exact) mass is 267 g/mol. The van der Waals surface area contributed by atoms with Crippen LogP contribution in [0.5, 0.6) is 0 Å². The Labute approximate surface area is 110 Å². The lowest BCUT2D eigenvalue weighted by Crippen LogP contribution is -2.41. The molecule has 1 heterocycles. The van der Waals surface area contributed by atoms with Gasteiger partial charge in [-0.2, -0.15) is 0 Å². The average molecular weight is 267 g/mol. The third kappa shape index (κ3) is 2.90. The molecule has 2 rings (SSSR count). The van der Waals surface area contributed by atoms with Gasteiger partial charge in [-0.1, -0.05) is 12.8 Å². The van der Waals surface area contributed by atoms with Crippen LogP contribution < -0.4 is 0 Å². The third-order valence-corrected chi connectivity index (χ3v) is 4.27. The quantitative estimate of drug-likeness (QED) is 0.912. The first kappa shape index (κ1) is 13.1. The van der Waals surface area contributed by atoms with Crippen LogP contribution in [0.1, 0.15) is 40.2 Å². The maximum absolute atomic E-state index is 12.4. The lowest BCUT2D eigenvalue weighted by molar-refractivity contribution is -0.138. The van der Waals surface area contributed by atoms with E-state index in [1.807, 2.05) is 13.0 Å². The van der Waals surface area contributed by atoms with E-state index in [1.165, 1.54) is 16.2 Å². The zero-order valence-electron chi connectivity index (χ0n) is 10.4. The Balaban J connectivity index is 2.17. The van der Waals surface area contributed by atoms with Gasteiger partial charge in [-0.3, -0.25) is 9.59 Å². The van der Waals surface area contributed by atoms with Crippen molar-refractivity contribution in [2.24, 2.45) is 0 Å². The summed E-state index contributed by atoms with van der Waals surface area (Å²) in [7, 11) is 0. The Hall–Kier alpha value is -1.36. The molecule has 0 aromatic carbocycles. The highest BCUT2D eigenvalue weighted by atomic mass is 32.1. The van der Waals surface area contributed by atoms with E-state index in [0.29, 0.717) is 4.88 Å². The smallest absolute Gasteiger partial charge is 0.323 e. The second-order valence-electron chi connectivity index (χ2n) is 4.68. The molecule has 4 nitrogen and oxygen atoms in total. The van der Waals surface area contributed by atoms with Crippen molar-refractivity contribution < 1.29 is 14.7 Å². The molecule has 1 aromatic heterocycles. The summed E-state index contributed by atoms with van der Waals surface area (Å²) >= 11 is 1.43. The van der Waals surface area contributed by atoms with E-state index in [0.717, 1.165) is 30.6 Å². The van der Waals surface area contributed by atoms with Gasteiger partial charge in [0.25, 0.3) is 5.91 Å². The number of carboxylic acids is 1. The number of hydrogen-bond donors (Lipinski definition) is 1. The third-order valence-electron chi connectivity index (χ3n) is 3.28. The van der Waals surface area contributed by atoms with Gasteiger partial charge in [-0.05, 0) is 31.9 Å². The van der Waals surface area contributed by atoms with Crippen LogP contribution >= 0.6 is 11.3 Å². The minimum Gasteiger partial charge on any atom is -0.480 e. The van der Waals surface area contributed by atoms with Crippen molar-refractivity contribution in [1.29, 1.82) is 0 Å². The van der Waals surface area contributed by atoms with Crippen molar-refractivity contribution in [2.75, 3.05) is 6.54 Å². The summed E-state index contributed by atoms with van der Waals surface area (Å²) in [5.41, 5.74) is 0. The molecule has 0 spiro atoms. The highest BCUT2D eigenvalue weighted by molar-refractivity contribution is 7.13. The average Bonchev–Trinajstić information content (AvgIpc) is 2.95. The molecule has 1 N–H and O–H groups in total. The molecule has 1 amide bonds. The topological polar surface area (TPSA) is 57.6 Å². The fourth-order valence-corrected chi connectivity index (χ4v) is 3.24. The molecule has 0 bridgehead atoms. The molecule has 1 saturated carbocycles. The summed E-state index contributed by atoms with van der Waals surface area (Å²) in [6.45, 7) is 1.75. The lowest BCUT2D eigenvalue weighted by Gasteiger charge is -2.26. The van der Waals surface area contributed by atoms with Crippen molar-refractivity contribution >= 4 is 23.2 Å². The molecule has 0 aliphatic heterocycles. The standard InChI is InChI=1S/C13H17NO3S/c1-9-6-7-11(18-9)13(17)14(8-12(15)16)10-4-2-3-5-10/h6-7,10H,2-5,8H2,1H3,(H,15,16). The van der Waals surface area contributed by atoms with Gasteiger partial charge in [-0.25, -0.2) is 0 Å². The molecule has 5 heteroatoms. The largest absolute Gasteiger partial charge is 0.480 e. The predicted octanol–water partition coefficient (Wildman–Crippen LogP) is 2.53. The number of thiophene rings is 1. The molecular formula is C13H17NO3S. The molecule has 1 aliphatic carbocycles. The van der Waals surface area contributed by atoms with Crippen molar-refractivity contribution in [3.05, 3.63) is 21.9 Å². The van der Waals surface area contributed by atoms with Crippen LogP contribution in [0.25, 0.3) is 0 Å². The van der Waals surface area contributed by atoms with Crippen molar-refractivity contribution in [3.8, 4) is 0 Å². The fraction of sp³-hybridized carbons (Fsp3) is 0.538. The van der Waals surface area contributed by atoms with Gasteiger partial charge in [0, 0.05) is 10.9 Å². The fourth-order valence-electron chi connectivity index (χ4n) is 2.42. The Bertz CT molecular complexity index is 449. The Kier molecular flexibility index (Phi) is 4.01. The number of aliphatic carboxylic acids is 1. The first-order chi connectivity index (χ1) is 8.58. The summed E-state index contributed by atoms with van der Waals surface area (Å²) in [6.07, 6.45) is 4.00. The second kappa shape index (κ2) is 5.52. The van der Waals surface area contributed by atoms with Gasteiger partial charge in [-0.15, -0.1) is 11.3 Å². The first-order valence-corrected chi connectivity index (χ1v) is 6.99. The van der Waals surface area contributed by atoms with Crippen molar-refractivity contribution in [2.45, 2.75) is 38.6 Å². The maximum atomic E-state index is 12.4. The number of aryl methyl sites for hydroxylation is 1. The molecular weight excluding hydrogens is 250 g/mol. The normalized spacial score (nSPS) is 15.8. The van der Waals surface area contributed by atoms with Gasteiger partial charge >= 0.3 is 5.97 Å². The number of carbonyl (C=O) groups excluding carboxylic acids is 1. The summed E-state index contributed by atoms with van der Waals surface area (Å²) < 4.78 is 0. The number of carbonyl (C=O) groups is 2. The highest BCUT2D eigenvalue weighted by Crippen LogP contribution is 2.26. The van der Waals surface area contributed by atoms with Gasteiger partial charge in [0.15, 0.2) is 0 Å². The molecule has 98 valence electrons. The number of hydrogen-bond acceptors (Lipinski definition) is 3. The minimum atomic E-state index is -0.941. The van der Waals surface area contributed by atoms with E-state index >= 15 is 0 Å². The molecule has 1 aliphatic rings. The van der Waals surface area contributed by atoms with E-state index < -0.39 is 5.97 Å². The lowest BCUT2D eigenvalue weighted by atomic mass is 10.2. The molecule has 18 heavy (non-hydrogen) atoms. The molecule has 1 fully saturated rings. The van der Waals surface area contributed by atoms with Gasteiger partial charge < -0.3 is 10.0 Å². The van der Waals surface area contributed by atoms with E-state index in [-0.39, 0.29) is 18.5 Å². The highest BCUT2D eigenvalue weighted by Gasteiger charge is 2.29. The minimum absolute atomic E-state index is 0.0935. The van der Waals surface area contributed by atoms with Gasteiger partial charge in [0.2, 0.25) is 0 Å². The molecule has 0 atom stereocenters. The van der Waals surface area contributed by atoms with E-state index in [1.54, 1.807) is 6.07 Å². The van der Waals surface area contributed by atoms with Crippen LogP contribution in [0, 0.1) is 6.92 Å². The van der Waals surface area contributed by atoms with Crippen LogP contribution in [0.3, 0.4) is 0 Å². The molecule has 0 saturated heterocycles. The Morgan fingerprint density at radius 1 is 1.39 bits per heavy atom. The van der Waals surface area contributed by atoms with E-state index in [4.69, 9.17) is 5.11 Å². The summed E-state index contributed by atoms with van der Waals surface area (Å²) in [5.74, 6) is -1.08. The summed E-state index contributed by atoms with van der Waals surface area (Å²) in [4.78, 5) is 26.5. The van der Waals surface area contributed by atoms with Crippen LogP contribution in [-0.4, -0.2) is 34.5 Å². The summed E-state index contributed by atoms with van der Waals surface area (Å²) in [5, 5.41) is 8.95. The van der Waals surface area contributed by atoms with Gasteiger partial charge in [0.05, 0.1) is 4.88 Å². The van der Waals surface area contributed by atoms with Crippen LogP contribution in [-0.2, 0) is 4.79 Å². The van der Waals surface area contributed by atoms with E-state index in [2.05, 4.69) is 0 Å². The number of carboxylic acid groups (broad SMARTS) is 1. The van der Waals surface area contributed by atoms with Crippen LogP contribution in [0.2, 0.25) is 0 Å². The molecule has 0 unspecified atom stereocenters. The maximum Gasteiger partial charge on any atom is 0.323 e. The zero-order valence-corrected chi connectivity index (χ0v) is 11.2. The summed E-state index contributed by atoms with van der Waals surface area (Å²) in [6, 6.07) is 3.77. The Morgan fingerprint density at radius 2 is 2.06 bits per heavy atom. The Morgan fingerprint density at radius 3 is 2.56 bits per heavy atom. The molecule has 1 aromatic rings. The number of rotatable bonds is 4. The van der Waals surface area contributed by atoms with Crippen molar-refractivity contribution in [3.63, 3.8) is 0 Å². The van der Waals surface area contributed by atoms with Crippen LogP contribution in [0.4, 0.5) is 0 Å². The number of nitrogens with zero attached hydrogens (tertiary/aromatic N) is 1.